The molecule has 1 atom stereocenters. The first kappa shape index (κ1) is 13.0. The monoisotopic (exact) mass is 300 g/mol. The quantitative estimate of drug-likeness (QED) is 0.662. The molecule has 0 spiro atoms. The zero-order valence-corrected chi connectivity index (χ0v) is 11.3. The minimum atomic E-state index is -0.209. The highest BCUT2D eigenvalue weighted by molar-refractivity contribution is 9.10. The Morgan fingerprint density at radius 3 is 2.71 bits per heavy atom. The van der Waals surface area contributed by atoms with Gasteiger partial charge in [-0.25, -0.2) is 4.39 Å². The van der Waals surface area contributed by atoms with Gasteiger partial charge < -0.3 is 0 Å². The lowest BCUT2D eigenvalue weighted by Crippen LogP contribution is -2.41. The van der Waals surface area contributed by atoms with E-state index in [0.717, 1.165) is 16.5 Å². The number of hydrogen-bond acceptors (Lipinski definition) is 2. The van der Waals surface area contributed by atoms with Crippen LogP contribution in [0.25, 0.3) is 0 Å². The van der Waals surface area contributed by atoms with Gasteiger partial charge in [-0.05, 0) is 42.9 Å². The molecule has 0 radical (unpaired) electrons. The summed E-state index contributed by atoms with van der Waals surface area (Å²) in [6, 6.07) is 5.14. The van der Waals surface area contributed by atoms with Crippen molar-refractivity contribution in [3.63, 3.8) is 0 Å². The van der Waals surface area contributed by atoms with Crippen molar-refractivity contribution in [1.82, 2.24) is 5.43 Å². The van der Waals surface area contributed by atoms with Crippen molar-refractivity contribution >= 4 is 15.9 Å². The Labute approximate surface area is 110 Å². The van der Waals surface area contributed by atoms with Crippen LogP contribution in [-0.4, -0.2) is 6.04 Å². The number of hydrogen-bond donors (Lipinski definition) is 2. The molecule has 1 aromatic rings. The second-order valence-corrected chi connectivity index (χ2v) is 5.61. The van der Waals surface area contributed by atoms with Crippen LogP contribution in [0, 0.1) is 11.7 Å². The molecule has 1 aromatic carbocycles. The minimum absolute atomic E-state index is 0.209. The molecule has 2 rings (SSSR count). The summed E-state index contributed by atoms with van der Waals surface area (Å²) in [6.45, 7) is 0. The molecular formula is C13H18BrFN2. The van der Waals surface area contributed by atoms with Gasteiger partial charge in [0.2, 0.25) is 0 Å². The van der Waals surface area contributed by atoms with E-state index in [4.69, 9.17) is 5.84 Å². The van der Waals surface area contributed by atoms with Crippen molar-refractivity contribution in [2.45, 2.75) is 38.1 Å². The third-order valence-electron chi connectivity index (χ3n) is 3.64. The van der Waals surface area contributed by atoms with E-state index in [9.17, 15) is 4.39 Å². The zero-order valence-electron chi connectivity index (χ0n) is 9.76. The van der Waals surface area contributed by atoms with Crippen LogP contribution in [0.4, 0.5) is 4.39 Å². The average Bonchev–Trinajstić information content (AvgIpc) is 2.81. The molecule has 0 bridgehead atoms. The van der Waals surface area contributed by atoms with Crippen molar-refractivity contribution < 1.29 is 4.39 Å². The SMILES string of the molecule is NNC(Cc1ccc(F)cc1Br)C1CCCC1. The predicted octanol–water partition coefficient (Wildman–Crippen LogP) is 3.15. The van der Waals surface area contributed by atoms with Gasteiger partial charge in [0, 0.05) is 10.5 Å². The van der Waals surface area contributed by atoms with Gasteiger partial charge in [-0.3, -0.25) is 11.3 Å². The standard InChI is InChI=1S/C13H18BrFN2/c14-12-8-11(15)6-5-10(12)7-13(17-16)9-3-1-2-4-9/h5-6,8-9,13,17H,1-4,7,16H2. The molecule has 0 saturated heterocycles. The molecule has 0 aliphatic heterocycles. The molecule has 94 valence electrons. The summed E-state index contributed by atoms with van der Waals surface area (Å²) in [5.74, 6) is 6.08. The van der Waals surface area contributed by atoms with Gasteiger partial charge in [-0.15, -0.1) is 0 Å². The maximum atomic E-state index is 13.0. The lowest BCUT2D eigenvalue weighted by Gasteiger charge is -2.23. The Bertz CT molecular complexity index is 378. The second-order valence-electron chi connectivity index (χ2n) is 4.76. The third-order valence-corrected chi connectivity index (χ3v) is 4.38. The maximum absolute atomic E-state index is 13.0. The minimum Gasteiger partial charge on any atom is -0.271 e. The molecule has 0 heterocycles. The molecule has 1 saturated carbocycles. The molecule has 4 heteroatoms. The lowest BCUT2D eigenvalue weighted by atomic mass is 9.93. The Morgan fingerprint density at radius 2 is 2.12 bits per heavy atom. The summed E-state index contributed by atoms with van der Waals surface area (Å²) in [6.07, 6.45) is 5.93. The van der Waals surface area contributed by atoms with Crippen LogP contribution >= 0.6 is 15.9 Å². The number of benzene rings is 1. The van der Waals surface area contributed by atoms with Crippen LogP contribution in [0.3, 0.4) is 0 Å². The van der Waals surface area contributed by atoms with Crippen LogP contribution in [0.15, 0.2) is 22.7 Å². The highest BCUT2D eigenvalue weighted by atomic mass is 79.9. The highest BCUT2D eigenvalue weighted by Crippen LogP contribution is 2.30. The fraction of sp³-hybridized carbons (Fsp3) is 0.538. The van der Waals surface area contributed by atoms with Crippen molar-refractivity contribution in [2.24, 2.45) is 11.8 Å². The normalized spacial score (nSPS) is 18.5. The summed E-state index contributed by atoms with van der Waals surface area (Å²) >= 11 is 3.40. The molecule has 1 fully saturated rings. The smallest absolute Gasteiger partial charge is 0.124 e. The summed E-state index contributed by atoms with van der Waals surface area (Å²) < 4.78 is 13.8. The fourth-order valence-electron chi connectivity index (χ4n) is 2.65. The number of rotatable bonds is 4. The summed E-state index contributed by atoms with van der Waals surface area (Å²) in [7, 11) is 0. The first-order chi connectivity index (χ1) is 8.20. The van der Waals surface area contributed by atoms with Crippen molar-refractivity contribution in [2.75, 3.05) is 0 Å². The van der Waals surface area contributed by atoms with E-state index < -0.39 is 0 Å². The topological polar surface area (TPSA) is 38.0 Å². The second kappa shape index (κ2) is 5.94. The largest absolute Gasteiger partial charge is 0.271 e. The first-order valence-electron chi connectivity index (χ1n) is 6.10. The van der Waals surface area contributed by atoms with Gasteiger partial charge in [0.1, 0.15) is 5.82 Å². The van der Waals surface area contributed by atoms with Crippen LogP contribution in [-0.2, 0) is 6.42 Å². The van der Waals surface area contributed by atoms with E-state index in [1.165, 1.54) is 37.8 Å². The summed E-state index contributed by atoms with van der Waals surface area (Å²) in [5, 5.41) is 0. The van der Waals surface area contributed by atoms with Gasteiger partial charge in [-0.2, -0.15) is 0 Å². The molecule has 0 aromatic heterocycles. The first-order valence-corrected chi connectivity index (χ1v) is 6.90. The van der Waals surface area contributed by atoms with Crippen LogP contribution in [0.2, 0.25) is 0 Å². The van der Waals surface area contributed by atoms with Gasteiger partial charge in [0.25, 0.3) is 0 Å². The summed E-state index contributed by atoms with van der Waals surface area (Å²) in [4.78, 5) is 0. The van der Waals surface area contributed by atoms with E-state index >= 15 is 0 Å². The predicted molar refractivity (Wildman–Crippen MR) is 70.9 cm³/mol. The van der Waals surface area contributed by atoms with Crippen molar-refractivity contribution in [3.05, 3.63) is 34.1 Å². The molecule has 1 aliphatic rings. The molecule has 3 N–H and O–H groups in total. The molecule has 1 unspecified atom stereocenters. The van der Waals surface area contributed by atoms with Crippen LogP contribution < -0.4 is 11.3 Å². The Morgan fingerprint density at radius 1 is 1.41 bits per heavy atom. The summed E-state index contributed by atoms with van der Waals surface area (Å²) in [5.41, 5.74) is 4.03. The molecule has 1 aliphatic carbocycles. The number of hydrazine groups is 1. The average molecular weight is 301 g/mol. The van der Waals surface area contributed by atoms with Gasteiger partial charge in [-0.1, -0.05) is 34.8 Å². The molecule has 2 nitrogen and oxygen atoms in total. The molecule has 0 amide bonds. The molecule has 17 heavy (non-hydrogen) atoms. The van der Waals surface area contributed by atoms with Crippen molar-refractivity contribution in [3.8, 4) is 0 Å². The maximum Gasteiger partial charge on any atom is 0.124 e. The van der Waals surface area contributed by atoms with Crippen LogP contribution in [0.1, 0.15) is 31.2 Å². The third kappa shape index (κ3) is 3.27. The van der Waals surface area contributed by atoms with E-state index in [2.05, 4.69) is 21.4 Å². The van der Waals surface area contributed by atoms with E-state index in [1.807, 2.05) is 6.07 Å². The zero-order chi connectivity index (χ0) is 12.3. The Hall–Kier alpha value is -0.450. The fourth-order valence-corrected chi connectivity index (χ4v) is 3.16. The number of nitrogens with one attached hydrogen (secondary N) is 1. The van der Waals surface area contributed by atoms with E-state index in [1.54, 1.807) is 0 Å². The molecular weight excluding hydrogens is 283 g/mol. The Kier molecular flexibility index (Phi) is 4.54. The lowest BCUT2D eigenvalue weighted by molar-refractivity contribution is 0.361. The van der Waals surface area contributed by atoms with E-state index in [-0.39, 0.29) is 5.82 Å². The van der Waals surface area contributed by atoms with Crippen molar-refractivity contribution in [1.29, 1.82) is 0 Å². The van der Waals surface area contributed by atoms with Gasteiger partial charge >= 0.3 is 0 Å². The van der Waals surface area contributed by atoms with Gasteiger partial charge in [0.15, 0.2) is 0 Å². The number of halogens is 2. The Balaban J connectivity index is 2.06. The number of nitrogens with two attached hydrogens (primary N) is 1. The highest BCUT2D eigenvalue weighted by Gasteiger charge is 2.24. The van der Waals surface area contributed by atoms with Crippen LogP contribution in [0.5, 0.6) is 0 Å². The van der Waals surface area contributed by atoms with Gasteiger partial charge in [0.05, 0.1) is 0 Å². The van der Waals surface area contributed by atoms with E-state index in [0.29, 0.717) is 12.0 Å².